The zero-order valence-electron chi connectivity index (χ0n) is 32.2. The van der Waals surface area contributed by atoms with Crippen LogP contribution in [-0.2, 0) is 33.2 Å². The molecule has 2 saturated heterocycles. The molecule has 14 nitrogen and oxygen atoms in total. The van der Waals surface area contributed by atoms with E-state index in [1.54, 1.807) is 41.5 Å². The Hall–Kier alpha value is -1.59. The summed E-state index contributed by atoms with van der Waals surface area (Å²) < 4.78 is 36.8. The predicted molar refractivity (Wildman–Crippen MR) is 185 cm³/mol. The molecule has 0 aliphatic carbocycles. The molecule has 0 aromatic rings. The number of esters is 1. The Morgan fingerprint density at radius 1 is 1.02 bits per heavy atom. The SMILES string of the molecule is CC[C@@H]1OC(=O)[C@H](C)[C@H](OC2CC(OC)=C(O)C(C)O2)[C@@H](C)[C@@H](OC2OC(C)CC(N(C)C)C2O)[C@](C)(O)CC(C)CN[C@@H](C)[C@H](O)[C@]1(C)O. The molecule has 50 heavy (non-hydrogen) atoms. The Labute approximate surface area is 298 Å². The van der Waals surface area contributed by atoms with Crippen LogP contribution in [0.1, 0.15) is 88.0 Å². The summed E-state index contributed by atoms with van der Waals surface area (Å²) in [6, 6.07) is -0.860. The van der Waals surface area contributed by atoms with Gasteiger partial charge in [0.2, 0.25) is 0 Å². The molecule has 0 bridgehead atoms. The van der Waals surface area contributed by atoms with Crippen molar-refractivity contribution in [1.82, 2.24) is 10.2 Å². The number of nitrogens with one attached hydrogen (secondary N) is 1. The summed E-state index contributed by atoms with van der Waals surface area (Å²) in [6.45, 7) is 15.9. The lowest BCUT2D eigenvalue weighted by Gasteiger charge is -2.47. The maximum atomic E-state index is 14.1. The summed E-state index contributed by atoms with van der Waals surface area (Å²) >= 11 is 0. The van der Waals surface area contributed by atoms with Crippen molar-refractivity contribution in [3.63, 3.8) is 0 Å². The topological polar surface area (TPSA) is 189 Å². The Balaban J connectivity index is 2.14. The average molecular weight is 719 g/mol. The van der Waals surface area contributed by atoms with E-state index in [1.807, 2.05) is 32.8 Å². The molecule has 292 valence electrons. The van der Waals surface area contributed by atoms with Gasteiger partial charge >= 0.3 is 5.97 Å². The number of carbonyl (C=O) groups is 1. The number of nitrogens with zero attached hydrogens (tertiary/aromatic N) is 1. The van der Waals surface area contributed by atoms with Gasteiger partial charge in [-0.25, -0.2) is 0 Å². The van der Waals surface area contributed by atoms with Gasteiger partial charge in [-0.15, -0.1) is 0 Å². The lowest BCUT2D eigenvalue weighted by Crippen LogP contribution is -2.59. The van der Waals surface area contributed by atoms with Crippen LogP contribution in [0.2, 0.25) is 0 Å². The molecule has 0 spiro atoms. The second-order valence-electron chi connectivity index (χ2n) is 15.7. The number of ether oxygens (including phenoxy) is 6. The third kappa shape index (κ3) is 9.88. The van der Waals surface area contributed by atoms with Crippen molar-refractivity contribution >= 4 is 5.97 Å². The van der Waals surface area contributed by atoms with Gasteiger partial charge in [0.15, 0.2) is 18.3 Å². The van der Waals surface area contributed by atoms with Crippen LogP contribution in [0.5, 0.6) is 0 Å². The van der Waals surface area contributed by atoms with Crippen LogP contribution in [0.4, 0.5) is 0 Å². The van der Waals surface area contributed by atoms with E-state index in [9.17, 15) is 30.3 Å². The van der Waals surface area contributed by atoms with Crippen LogP contribution in [0.25, 0.3) is 0 Å². The molecule has 2 fully saturated rings. The molecule has 0 aromatic carbocycles. The van der Waals surface area contributed by atoms with Crippen molar-refractivity contribution in [1.29, 1.82) is 0 Å². The Kier molecular flexibility index (Phi) is 15.0. The highest BCUT2D eigenvalue weighted by molar-refractivity contribution is 5.73. The summed E-state index contributed by atoms with van der Waals surface area (Å²) in [5.41, 5.74) is -3.36. The molecule has 3 aliphatic rings. The van der Waals surface area contributed by atoms with Crippen LogP contribution in [0.3, 0.4) is 0 Å². The van der Waals surface area contributed by atoms with Crippen molar-refractivity contribution in [3.05, 3.63) is 11.5 Å². The van der Waals surface area contributed by atoms with Gasteiger partial charge < -0.3 is 64.2 Å². The van der Waals surface area contributed by atoms with Gasteiger partial charge in [0.05, 0.1) is 43.4 Å². The molecular formula is C36H66N2O12. The lowest BCUT2D eigenvalue weighted by atomic mass is 9.78. The first-order chi connectivity index (χ1) is 23.2. The van der Waals surface area contributed by atoms with Gasteiger partial charge in [-0.2, -0.15) is 0 Å². The normalized spacial score (nSPS) is 46.2. The summed E-state index contributed by atoms with van der Waals surface area (Å²) in [5, 5.41) is 60.4. The van der Waals surface area contributed by atoms with Gasteiger partial charge in [0.25, 0.3) is 0 Å². The summed E-state index contributed by atoms with van der Waals surface area (Å²) in [6.07, 6.45) is -7.50. The van der Waals surface area contributed by atoms with Crippen LogP contribution in [-0.4, -0.2) is 143 Å². The maximum absolute atomic E-state index is 14.1. The second-order valence-corrected chi connectivity index (χ2v) is 15.7. The number of aliphatic hydroxyl groups excluding tert-OH is 3. The largest absolute Gasteiger partial charge is 0.506 e. The van der Waals surface area contributed by atoms with Crippen molar-refractivity contribution in [2.45, 2.75) is 167 Å². The number of methoxy groups -OCH3 is 1. The first-order valence-corrected chi connectivity index (χ1v) is 18.1. The Morgan fingerprint density at radius 3 is 2.24 bits per heavy atom. The van der Waals surface area contributed by atoms with E-state index in [1.165, 1.54) is 14.0 Å². The fraction of sp³-hybridized carbons (Fsp3) is 0.917. The van der Waals surface area contributed by atoms with Crippen molar-refractivity contribution in [2.75, 3.05) is 27.7 Å². The zero-order valence-corrected chi connectivity index (χ0v) is 32.2. The maximum Gasteiger partial charge on any atom is 0.311 e. The van der Waals surface area contributed by atoms with Crippen LogP contribution in [0, 0.1) is 17.8 Å². The van der Waals surface area contributed by atoms with Gasteiger partial charge in [-0.3, -0.25) is 4.79 Å². The molecule has 0 saturated carbocycles. The molecule has 3 aliphatic heterocycles. The Bertz CT molecular complexity index is 1130. The van der Waals surface area contributed by atoms with Gasteiger partial charge in [0, 0.05) is 18.0 Å². The average Bonchev–Trinajstić information content (AvgIpc) is 3.04. The van der Waals surface area contributed by atoms with Gasteiger partial charge in [-0.05, 0) is 87.4 Å². The molecule has 0 amide bonds. The molecule has 16 atom stereocenters. The fourth-order valence-electron chi connectivity index (χ4n) is 7.86. The summed E-state index contributed by atoms with van der Waals surface area (Å²) in [7, 11) is 5.19. The van der Waals surface area contributed by atoms with Gasteiger partial charge in [0.1, 0.15) is 35.8 Å². The third-order valence-electron chi connectivity index (χ3n) is 10.9. The highest BCUT2D eigenvalue weighted by Gasteiger charge is 2.51. The van der Waals surface area contributed by atoms with Crippen molar-refractivity contribution in [2.24, 2.45) is 17.8 Å². The van der Waals surface area contributed by atoms with Crippen LogP contribution >= 0.6 is 0 Å². The van der Waals surface area contributed by atoms with E-state index >= 15 is 0 Å². The van der Waals surface area contributed by atoms with Gasteiger partial charge in [-0.1, -0.05) is 20.8 Å². The Morgan fingerprint density at radius 2 is 1.66 bits per heavy atom. The highest BCUT2D eigenvalue weighted by atomic mass is 16.7. The van der Waals surface area contributed by atoms with Crippen LogP contribution in [0.15, 0.2) is 11.5 Å². The van der Waals surface area contributed by atoms with Crippen molar-refractivity contribution in [3.8, 4) is 0 Å². The molecule has 0 aromatic heterocycles. The molecule has 0 radical (unpaired) electrons. The summed E-state index contributed by atoms with van der Waals surface area (Å²) in [4.78, 5) is 16.0. The van der Waals surface area contributed by atoms with E-state index in [-0.39, 0.29) is 48.8 Å². The number of aliphatic hydroxyl groups is 5. The number of hydrogen-bond donors (Lipinski definition) is 6. The minimum atomic E-state index is -1.80. The number of carbonyl (C=O) groups excluding carboxylic acids is 1. The summed E-state index contributed by atoms with van der Waals surface area (Å²) in [5.74, 6) is -2.40. The first-order valence-electron chi connectivity index (χ1n) is 18.1. The number of likely N-dealkylation sites (N-methyl/N-ethyl adjacent to an activating group) is 1. The molecule has 14 heteroatoms. The third-order valence-corrected chi connectivity index (χ3v) is 10.9. The second kappa shape index (κ2) is 17.5. The standard InChI is InChI=1S/C36H66N2O12/c1-13-26-36(9,44)31(41)22(6)37-17-18(2)16-35(8,43)32(50-34-29(40)24(38(10)11)14-19(3)46-34)20(4)30(21(5)33(42)48-26)49-27-15-25(45-12)28(39)23(7)47-27/h18-24,26-27,29-32,34,37,39-41,43-44H,13-17H2,1-12H3/t18?,19?,20-,21-,22+,23?,24?,26+,27?,29?,30-,31+,32-,34?,35-,36-/m1/s1. The lowest BCUT2D eigenvalue weighted by molar-refractivity contribution is -0.305. The number of rotatable bonds is 7. The van der Waals surface area contributed by atoms with E-state index < -0.39 is 84.3 Å². The fourth-order valence-corrected chi connectivity index (χ4v) is 7.86. The smallest absolute Gasteiger partial charge is 0.311 e. The minimum absolute atomic E-state index is 0.0468. The quantitative estimate of drug-likeness (QED) is 0.210. The molecule has 3 rings (SSSR count). The van der Waals surface area contributed by atoms with E-state index in [4.69, 9.17) is 28.4 Å². The van der Waals surface area contributed by atoms with E-state index in [0.29, 0.717) is 13.0 Å². The number of cyclic esters (lactones) is 1. The monoisotopic (exact) mass is 718 g/mol. The predicted octanol–water partition coefficient (Wildman–Crippen LogP) is 2.21. The van der Waals surface area contributed by atoms with Crippen LogP contribution < -0.4 is 5.32 Å². The zero-order chi connectivity index (χ0) is 37.9. The first kappa shape index (κ1) is 42.8. The highest BCUT2D eigenvalue weighted by Crippen LogP contribution is 2.38. The van der Waals surface area contributed by atoms with E-state index in [2.05, 4.69) is 5.32 Å². The molecule has 3 heterocycles. The van der Waals surface area contributed by atoms with E-state index in [0.717, 1.165) is 0 Å². The minimum Gasteiger partial charge on any atom is -0.506 e. The molecule has 6 N–H and O–H groups in total. The van der Waals surface area contributed by atoms with Crippen molar-refractivity contribution < 1.29 is 58.7 Å². The molecular weight excluding hydrogens is 652 g/mol. The molecule has 7 unspecified atom stereocenters. The number of hydrogen-bond acceptors (Lipinski definition) is 14.